The van der Waals surface area contributed by atoms with Crippen molar-refractivity contribution in [2.24, 2.45) is 0 Å². The standard InChI is InChI=1S/C27H21Cl2FN6O/c1-35(15-17-5-7-19(28)8-6-17)26-25-31-11-12-36(25)16-24(34-26)18-3-2-4-20(13-18)32-27(37)33-21-9-10-23(30)22(29)14-21/h2-14,16H,15H2,1H3,(H2,32,33,37). The maximum absolute atomic E-state index is 13.4. The minimum absolute atomic E-state index is 0.0717. The number of amides is 2. The van der Waals surface area contributed by atoms with Crippen LogP contribution in [0.1, 0.15) is 5.56 Å². The number of rotatable bonds is 6. The number of nitrogens with one attached hydrogen (secondary N) is 2. The van der Waals surface area contributed by atoms with E-state index in [1.54, 1.807) is 12.3 Å². The molecule has 10 heteroatoms. The summed E-state index contributed by atoms with van der Waals surface area (Å²) < 4.78 is 15.3. The summed E-state index contributed by atoms with van der Waals surface area (Å²) in [5, 5.41) is 6.05. The molecule has 0 saturated heterocycles. The van der Waals surface area contributed by atoms with Crippen LogP contribution in [0.4, 0.5) is 26.4 Å². The van der Waals surface area contributed by atoms with Gasteiger partial charge in [-0.25, -0.2) is 19.2 Å². The molecule has 2 amide bonds. The molecule has 2 N–H and O–H groups in total. The van der Waals surface area contributed by atoms with Gasteiger partial charge in [-0.05, 0) is 48.0 Å². The van der Waals surface area contributed by atoms with Crippen LogP contribution >= 0.6 is 23.2 Å². The zero-order valence-electron chi connectivity index (χ0n) is 19.6. The minimum Gasteiger partial charge on any atom is -0.352 e. The summed E-state index contributed by atoms with van der Waals surface area (Å²) in [5.74, 6) is 0.155. The van der Waals surface area contributed by atoms with E-state index in [0.717, 1.165) is 16.8 Å². The predicted molar refractivity (Wildman–Crippen MR) is 146 cm³/mol. The number of nitrogens with zero attached hydrogens (tertiary/aromatic N) is 4. The highest BCUT2D eigenvalue weighted by Crippen LogP contribution is 2.27. The lowest BCUT2D eigenvalue weighted by Gasteiger charge is -2.20. The molecule has 0 bridgehead atoms. The van der Waals surface area contributed by atoms with E-state index in [4.69, 9.17) is 28.2 Å². The quantitative estimate of drug-likeness (QED) is 0.243. The second kappa shape index (κ2) is 10.5. The van der Waals surface area contributed by atoms with Crippen LogP contribution in [0.15, 0.2) is 85.3 Å². The Balaban J connectivity index is 1.39. The number of halogens is 3. The van der Waals surface area contributed by atoms with Gasteiger partial charge < -0.3 is 19.9 Å². The molecule has 37 heavy (non-hydrogen) atoms. The molecule has 0 aliphatic carbocycles. The van der Waals surface area contributed by atoms with Crippen molar-refractivity contribution in [1.29, 1.82) is 0 Å². The molecule has 5 aromatic rings. The SMILES string of the molecule is CN(Cc1ccc(Cl)cc1)c1nc(-c2cccc(NC(=O)Nc3ccc(F)c(Cl)c3)c2)cn2ccnc12. The molecule has 7 nitrogen and oxygen atoms in total. The molecule has 5 rings (SSSR count). The van der Waals surface area contributed by atoms with Crippen molar-refractivity contribution in [3.05, 3.63) is 107 Å². The number of hydrogen-bond donors (Lipinski definition) is 2. The lowest BCUT2D eigenvalue weighted by Crippen LogP contribution is -2.19. The van der Waals surface area contributed by atoms with Crippen molar-refractivity contribution in [2.75, 3.05) is 22.6 Å². The van der Waals surface area contributed by atoms with Crippen LogP contribution < -0.4 is 15.5 Å². The molecule has 2 aromatic heterocycles. The molecule has 0 fully saturated rings. The van der Waals surface area contributed by atoms with E-state index in [9.17, 15) is 9.18 Å². The average molecular weight is 535 g/mol. The molecule has 2 heterocycles. The number of carbonyl (C=O) groups is 1. The van der Waals surface area contributed by atoms with E-state index in [2.05, 4.69) is 15.6 Å². The van der Waals surface area contributed by atoms with Gasteiger partial charge in [0.1, 0.15) is 5.82 Å². The summed E-state index contributed by atoms with van der Waals surface area (Å²) in [5.41, 5.74) is 4.26. The summed E-state index contributed by atoms with van der Waals surface area (Å²) in [6.45, 7) is 0.616. The summed E-state index contributed by atoms with van der Waals surface area (Å²) in [6, 6.07) is 18.5. The van der Waals surface area contributed by atoms with E-state index in [0.29, 0.717) is 34.5 Å². The highest BCUT2D eigenvalue weighted by molar-refractivity contribution is 6.31. The van der Waals surface area contributed by atoms with Gasteiger partial charge in [0.25, 0.3) is 0 Å². The Morgan fingerprint density at radius 3 is 2.54 bits per heavy atom. The molecule has 0 radical (unpaired) electrons. The zero-order valence-corrected chi connectivity index (χ0v) is 21.1. The van der Waals surface area contributed by atoms with E-state index in [1.807, 2.05) is 71.2 Å². The van der Waals surface area contributed by atoms with Crippen LogP contribution in [0.5, 0.6) is 0 Å². The van der Waals surface area contributed by atoms with Gasteiger partial charge in [0.05, 0.1) is 10.7 Å². The van der Waals surface area contributed by atoms with E-state index in [-0.39, 0.29) is 5.02 Å². The maximum Gasteiger partial charge on any atom is 0.323 e. The van der Waals surface area contributed by atoms with Gasteiger partial charge in [0, 0.05) is 54.1 Å². The van der Waals surface area contributed by atoms with Gasteiger partial charge in [0.15, 0.2) is 11.5 Å². The number of carbonyl (C=O) groups excluding carboxylic acids is 1. The van der Waals surface area contributed by atoms with E-state index >= 15 is 0 Å². The van der Waals surface area contributed by atoms with Crippen molar-refractivity contribution in [3.8, 4) is 11.3 Å². The Labute approximate surface area is 222 Å². The monoisotopic (exact) mass is 534 g/mol. The number of aromatic nitrogens is 3. The molecule has 0 unspecified atom stereocenters. The molecule has 0 atom stereocenters. The minimum atomic E-state index is -0.555. The van der Waals surface area contributed by atoms with Crippen LogP contribution in [0, 0.1) is 5.82 Å². The zero-order chi connectivity index (χ0) is 25.9. The van der Waals surface area contributed by atoms with Crippen molar-refractivity contribution in [1.82, 2.24) is 14.4 Å². The predicted octanol–water partition coefficient (Wildman–Crippen LogP) is 7.12. The Kier molecular flexibility index (Phi) is 6.94. The maximum atomic E-state index is 13.4. The Morgan fingerprint density at radius 1 is 1.03 bits per heavy atom. The molecule has 0 aliphatic rings. The molecule has 186 valence electrons. The molecule has 0 aliphatic heterocycles. The van der Waals surface area contributed by atoms with Crippen LogP contribution in [0.25, 0.3) is 16.9 Å². The highest BCUT2D eigenvalue weighted by atomic mass is 35.5. The number of imidazole rings is 1. The van der Waals surface area contributed by atoms with E-state index < -0.39 is 11.8 Å². The van der Waals surface area contributed by atoms with Gasteiger partial charge in [-0.3, -0.25) is 0 Å². The second-order valence-electron chi connectivity index (χ2n) is 8.38. The highest BCUT2D eigenvalue weighted by Gasteiger charge is 2.14. The van der Waals surface area contributed by atoms with Crippen LogP contribution in [-0.2, 0) is 6.54 Å². The Hall–Kier alpha value is -4.14. The van der Waals surface area contributed by atoms with Crippen molar-refractivity contribution >= 4 is 52.1 Å². The molecular weight excluding hydrogens is 514 g/mol. The number of benzene rings is 3. The fraction of sp³-hybridized carbons (Fsp3) is 0.0741. The van der Waals surface area contributed by atoms with Crippen molar-refractivity contribution < 1.29 is 9.18 Å². The summed E-state index contributed by atoms with van der Waals surface area (Å²) in [7, 11) is 1.96. The van der Waals surface area contributed by atoms with Crippen molar-refractivity contribution in [2.45, 2.75) is 6.54 Å². The van der Waals surface area contributed by atoms with Crippen LogP contribution in [0.3, 0.4) is 0 Å². The smallest absolute Gasteiger partial charge is 0.323 e. The number of urea groups is 1. The normalized spacial score (nSPS) is 10.9. The number of fused-ring (bicyclic) bond motifs is 1. The summed E-state index contributed by atoms with van der Waals surface area (Å²) >= 11 is 11.8. The third-order valence-corrected chi connectivity index (χ3v) is 6.19. The molecule has 0 spiro atoms. The van der Waals surface area contributed by atoms with Gasteiger partial charge in [-0.15, -0.1) is 0 Å². The third-order valence-electron chi connectivity index (χ3n) is 5.64. The summed E-state index contributed by atoms with van der Waals surface area (Å²) in [4.78, 5) is 23.9. The molecule has 0 saturated carbocycles. The number of anilines is 3. The third kappa shape index (κ3) is 5.66. The van der Waals surface area contributed by atoms with Gasteiger partial charge in [-0.2, -0.15) is 0 Å². The first-order chi connectivity index (χ1) is 17.9. The number of hydrogen-bond acceptors (Lipinski definition) is 4. The average Bonchev–Trinajstić information content (AvgIpc) is 3.36. The fourth-order valence-corrected chi connectivity index (χ4v) is 4.18. The van der Waals surface area contributed by atoms with Crippen LogP contribution in [-0.4, -0.2) is 27.4 Å². The van der Waals surface area contributed by atoms with Crippen molar-refractivity contribution in [3.63, 3.8) is 0 Å². The first-order valence-corrected chi connectivity index (χ1v) is 12.0. The first-order valence-electron chi connectivity index (χ1n) is 11.3. The van der Waals surface area contributed by atoms with Gasteiger partial charge in [-0.1, -0.05) is 47.5 Å². The largest absolute Gasteiger partial charge is 0.352 e. The lowest BCUT2D eigenvalue weighted by atomic mass is 10.1. The Morgan fingerprint density at radius 2 is 1.78 bits per heavy atom. The Bertz CT molecular complexity index is 1590. The van der Waals surface area contributed by atoms with Crippen LogP contribution in [0.2, 0.25) is 10.0 Å². The first kappa shape index (κ1) is 24.5. The molecular formula is C27H21Cl2FN6O. The van der Waals surface area contributed by atoms with Gasteiger partial charge >= 0.3 is 6.03 Å². The fourth-order valence-electron chi connectivity index (χ4n) is 3.87. The topological polar surface area (TPSA) is 74.6 Å². The second-order valence-corrected chi connectivity index (χ2v) is 9.22. The summed E-state index contributed by atoms with van der Waals surface area (Å²) in [6.07, 6.45) is 5.48. The van der Waals surface area contributed by atoms with E-state index in [1.165, 1.54) is 18.2 Å². The lowest BCUT2D eigenvalue weighted by molar-refractivity contribution is 0.262. The molecule has 3 aromatic carbocycles. The van der Waals surface area contributed by atoms with Gasteiger partial charge in [0.2, 0.25) is 0 Å².